The van der Waals surface area contributed by atoms with Crippen molar-refractivity contribution >= 4 is 12.1 Å². The normalized spacial score (nSPS) is 11.2. The zero-order valence-electron chi connectivity index (χ0n) is 12.2. The third-order valence-electron chi connectivity index (χ3n) is 2.66. The lowest BCUT2D eigenvalue weighted by Gasteiger charge is -2.15. The van der Waals surface area contributed by atoms with Gasteiger partial charge in [-0.3, -0.25) is 0 Å². The third-order valence-corrected chi connectivity index (χ3v) is 2.66. The molecule has 1 amide bonds. The van der Waals surface area contributed by atoms with Crippen LogP contribution in [0, 0.1) is 0 Å². The fourth-order valence-electron chi connectivity index (χ4n) is 1.61. The lowest BCUT2D eigenvalue weighted by Crippen LogP contribution is -2.41. The van der Waals surface area contributed by atoms with E-state index < -0.39 is 18.1 Å². The minimum atomic E-state index is -0.768. The average molecular weight is 283 g/mol. The van der Waals surface area contributed by atoms with Gasteiger partial charge in [0.1, 0.15) is 6.04 Å². The van der Waals surface area contributed by atoms with E-state index in [1.165, 1.54) is 12.8 Å². The zero-order chi connectivity index (χ0) is 15.2. The summed E-state index contributed by atoms with van der Waals surface area (Å²) >= 11 is 0. The first-order chi connectivity index (χ1) is 9.65. The summed E-state index contributed by atoms with van der Waals surface area (Å²) in [5.74, 6) is -0.471. The summed E-state index contributed by atoms with van der Waals surface area (Å²) in [4.78, 5) is 23.0. The van der Waals surface area contributed by atoms with Crippen molar-refractivity contribution in [1.82, 2.24) is 5.32 Å². The summed E-state index contributed by atoms with van der Waals surface area (Å²) in [7, 11) is 0. The lowest BCUT2D eigenvalue weighted by atomic mass is 10.2. The molecule has 0 saturated heterocycles. The lowest BCUT2D eigenvalue weighted by molar-refractivity contribution is -0.146. The van der Waals surface area contributed by atoms with Gasteiger partial charge < -0.3 is 14.8 Å². The SMILES string of the molecule is C=CCC(NC(=O)OC=C)C(=O)OCCCCCCC. The van der Waals surface area contributed by atoms with E-state index in [-0.39, 0.29) is 0 Å². The number of carbonyl (C=O) groups excluding carboxylic acids is 2. The summed E-state index contributed by atoms with van der Waals surface area (Å²) in [6.45, 7) is 9.33. The van der Waals surface area contributed by atoms with Crippen molar-refractivity contribution < 1.29 is 19.1 Å². The number of ether oxygens (including phenoxy) is 2. The van der Waals surface area contributed by atoms with E-state index in [4.69, 9.17) is 4.74 Å². The van der Waals surface area contributed by atoms with Crippen LogP contribution in [0.1, 0.15) is 45.4 Å². The summed E-state index contributed by atoms with van der Waals surface area (Å²) in [5.41, 5.74) is 0. The van der Waals surface area contributed by atoms with Crippen molar-refractivity contribution in [3.63, 3.8) is 0 Å². The van der Waals surface area contributed by atoms with Gasteiger partial charge >= 0.3 is 12.1 Å². The van der Waals surface area contributed by atoms with Crippen LogP contribution < -0.4 is 5.32 Å². The Hall–Kier alpha value is -1.78. The van der Waals surface area contributed by atoms with Gasteiger partial charge in [0, 0.05) is 0 Å². The molecular weight excluding hydrogens is 258 g/mol. The van der Waals surface area contributed by atoms with Gasteiger partial charge in [0.05, 0.1) is 12.9 Å². The second-order valence-electron chi connectivity index (χ2n) is 4.37. The minimum Gasteiger partial charge on any atom is -0.464 e. The number of hydrogen-bond acceptors (Lipinski definition) is 4. The largest absolute Gasteiger partial charge is 0.464 e. The predicted molar refractivity (Wildman–Crippen MR) is 78.1 cm³/mol. The van der Waals surface area contributed by atoms with E-state index in [0.29, 0.717) is 13.0 Å². The Labute approximate surface area is 121 Å². The maximum Gasteiger partial charge on any atom is 0.412 e. The molecule has 1 unspecified atom stereocenters. The summed E-state index contributed by atoms with van der Waals surface area (Å²) in [6.07, 6.45) is 7.50. The minimum absolute atomic E-state index is 0.293. The van der Waals surface area contributed by atoms with Gasteiger partial charge in [-0.25, -0.2) is 9.59 Å². The van der Waals surface area contributed by atoms with Crippen molar-refractivity contribution in [1.29, 1.82) is 0 Å². The van der Waals surface area contributed by atoms with Crippen LogP contribution in [0.4, 0.5) is 4.79 Å². The number of hydrogen-bond donors (Lipinski definition) is 1. The van der Waals surface area contributed by atoms with Crippen LogP contribution in [-0.4, -0.2) is 24.7 Å². The van der Waals surface area contributed by atoms with Crippen molar-refractivity contribution in [2.75, 3.05) is 6.61 Å². The van der Waals surface area contributed by atoms with E-state index >= 15 is 0 Å². The Morgan fingerprint density at radius 1 is 1.20 bits per heavy atom. The monoisotopic (exact) mass is 283 g/mol. The summed E-state index contributed by atoms with van der Waals surface area (Å²) in [5, 5.41) is 2.40. The first kappa shape index (κ1) is 18.2. The van der Waals surface area contributed by atoms with Gasteiger partial charge in [0.15, 0.2) is 0 Å². The Morgan fingerprint density at radius 2 is 1.90 bits per heavy atom. The van der Waals surface area contributed by atoms with Crippen LogP contribution in [0.15, 0.2) is 25.5 Å². The van der Waals surface area contributed by atoms with Crippen LogP contribution in [0.3, 0.4) is 0 Å². The number of alkyl carbamates (subject to hydrolysis) is 1. The highest BCUT2D eigenvalue weighted by atomic mass is 16.5. The molecule has 0 fully saturated rings. The second kappa shape index (κ2) is 12.3. The first-order valence-corrected chi connectivity index (χ1v) is 7.01. The fourth-order valence-corrected chi connectivity index (χ4v) is 1.61. The molecule has 5 nitrogen and oxygen atoms in total. The van der Waals surface area contributed by atoms with E-state index in [1.54, 1.807) is 6.08 Å². The molecule has 0 radical (unpaired) electrons. The molecule has 0 aromatic heterocycles. The van der Waals surface area contributed by atoms with Gasteiger partial charge in [-0.2, -0.15) is 0 Å². The Balaban J connectivity index is 3.99. The number of amides is 1. The zero-order valence-corrected chi connectivity index (χ0v) is 12.2. The molecule has 5 heteroatoms. The quantitative estimate of drug-likeness (QED) is 0.273. The van der Waals surface area contributed by atoms with E-state index in [9.17, 15) is 9.59 Å². The summed E-state index contributed by atoms with van der Waals surface area (Å²) < 4.78 is 9.64. The second-order valence-corrected chi connectivity index (χ2v) is 4.37. The maximum absolute atomic E-state index is 11.8. The Kier molecular flexibility index (Phi) is 11.2. The molecule has 0 saturated carbocycles. The van der Waals surface area contributed by atoms with Gasteiger partial charge in [-0.15, -0.1) is 6.58 Å². The van der Waals surface area contributed by atoms with Crippen LogP contribution in [-0.2, 0) is 14.3 Å². The molecule has 0 heterocycles. The number of esters is 1. The smallest absolute Gasteiger partial charge is 0.412 e. The van der Waals surface area contributed by atoms with E-state index in [2.05, 4.69) is 30.1 Å². The molecular formula is C15H25NO4. The molecule has 0 aliphatic heterocycles. The maximum atomic E-state index is 11.8. The fraction of sp³-hybridized carbons (Fsp3) is 0.600. The van der Waals surface area contributed by atoms with Gasteiger partial charge in [0.25, 0.3) is 0 Å². The number of rotatable bonds is 11. The average Bonchev–Trinajstić information content (AvgIpc) is 2.42. The topological polar surface area (TPSA) is 64.6 Å². The van der Waals surface area contributed by atoms with Gasteiger partial charge in [0.2, 0.25) is 0 Å². The molecule has 114 valence electrons. The van der Waals surface area contributed by atoms with Gasteiger partial charge in [-0.1, -0.05) is 45.3 Å². The summed E-state index contributed by atoms with van der Waals surface area (Å²) in [6, 6.07) is -0.768. The molecule has 0 rings (SSSR count). The van der Waals surface area contributed by atoms with Crippen molar-refractivity contribution in [3.8, 4) is 0 Å². The molecule has 1 atom stereocenters. The molecule has 0 aromatic carbocycles. The first-order valence-electron chi connectivity index (χ1n) is 7.01. The molecule has 1 N–H and O–H groups in total. The molecule has 0 aliphatic rings. The van der Waals surface area contributed by atoms with E-state index in [0.717, 1.165) is 25.5 Å². The van der Waals surface area contributed by atoms with Crippen molar-refractivity contribution in [2.45, 2.75) is 51.5 Å². The Morgan fingerprint density at radius 3 is 2.50 bits per heavy atom. The molecule has 0 spiro atoms. The van der Waals surface area contributed by atoms with E-state index in [1.807, 2.05) is 0 Å². The molecule has 0 aliphatic carbocycles. The highest BCUT2D eigenvalue weighted by Crippen LogP contribution is 2.04. The number of nitrogens with one attached hydrogen (secondary N) is 1. The molecule has 0 aromatic rings. The van der Waals surface area contributed by atoms with Crippen LogP contribution in [0.5, 0.6) is 0 Å². The highest BCUT2D eigenvalue weighted by molar-refractivity contribution is 5.81. The highest BCUT2D eigenvalue weighted by Gasteiger charge is 2.21. The van der Waals surface area contributed by atoms with Crippen molar-refractivity contribution in [2.24, 2.45) is 0 Å². The van der Waals surface area contributed by atoms with Gasteiger partial charge in [-0.05, 0) is 12.8 Å². The predicted octanol–water partition coefficient (Wildman–Crippen LogP) is 3.31. The standard InChI is InChI=1S/C15H25NO4/c1-4-7-8-9-10-12-20-14(17)13(11-5-2)16-15(18)19-6-3/h5-6,13H,2-4,7-12H2,1H3,(H,16,18). The number of carbonyl (C=O) groups is 2. The Bertz CT molecular complexity index is 315. The van der Waals surface area contributed by atoms with Crippen LogP contribution in [0.25, 0.3) is 0 Å². The molecule has 20 heavy (non-hydrogen) atoms. The third kappa shape index (κ3) is 9.19. The molecule has 0 bridgehead atoms. The number of unbranched alkanes of at least 4 members (excludes halogenated alkanes) is 4. The van der Waals surface area contributed by atoms with Crippen molar-refractivity contribution in [3.05, 3.63) is 25.5 Å². The van der Waals surface area contributed by atoms with Crippen LogP contribution >= 0.6 is 0 Å². The van der Waals surface area contributed by atoms with Crippen LogP contribution in [0.2, 0.25) is 0 Å².